The van der Waals surface area contributed by atoms with Gasteiger partial charge in [-0.25, -0.2) is 0 Å². The van der Waals surface area contributed by atoms with E-state index in [0.29, 0.717) is 15.8 Å². The first kappa shape index (κ1) is 18.0. The summed E-state index contributed by atoms with van der Waals surface area (Å²) in [6.45, 7) is 4.33. The molecule has 0 aromatic carbocycles. The molecular weight excluding hydrogens is 352 g/mol. The number of nitrogens with one attached hydrogen (secondary N) is 1. The van der Waals surface area contributed by atoms with Crippen LogP contribution in [0.3, 0.4) is 0 Å². The van der Waals surface area contributed by atoms with Crippen LogP contribution in [0.4, 0.5) is 0 Å². The summed E-state index contributed by atoms with van der Waals surface area (Å²) in [7, 11) is 1.74. The molecule has 7 heteroatoms. The number of hydrogen-bond donors (Lipinski definition) is 1. The topological polar surface area (TPSA) is 49.4 Å². The van der Waals surface area contributed by atoms with Crippen molar-refractivity contribution in [2.75, 3.05) is 7.05 Å². The summed E-state index contributed by atoms with van der Waals surface area (Å²) < 4.78 is 0.701. The van der Waals surface area contributed by atoms with Crippen LogP contribution in [0.25, 0.3) is 0 Å². The van der Waals surface area contributed by atoms with Gasteiger partial charge < -0.3 is 10.2 Å². The zero-order chi connectivity index (χ0) is 17.0. The highest BCUT2D eigenvalue weighted by molar-refractivity contribution is 7.16. The van der Waals surface area contributed by atoms with E-state index in [1.165, 1.54) is 22.7 Å². The first-order valence-electron chi connectivity index (χ1n) is 7.22. The number of likely N-dealkylation sites (N-methyl/N-ethyl adjacent to an activating group) is 1. The molecular formula is C16H19ClN2O2S2. The SMILES string of the molecule is CC(C)C(NC(=O)c1cccs1)C(=O)N(C)Cc1ccc(Cl)s1. The van der Waals surface area contributed by atoms with Crippen LogP contribution >= 0.6 is 34.3 Å². The van der Waals surface area contributed by atoms with E-state index in [4.69, 9.17) is 11.6 Å². The molecule has 2 amide bonds. The van der Waals surface area contributed by atoms with Crippen LogP contribution in [-0.2, 0) is 11.3 Å². The van der Waals surface area contributed by atoms with Gasteiger partial charge in [-0.05, 0) is 29.5 Å². The molecule has 2 aromatic rings. The van der Waals surface area contributed by atoms with Gasteiger partial charge in [0.25, 0.3) is 5.91 Å². The lowest BCUT2D eigenvalue weighted by molar-refractivity contribution is -0.133. The van der Waals surface area contributed by atoms with Gasteiger partial charge in [-0.2, -0.15) is 0 Å². The number of rotatable bonds is 6. The maximum absolute atomic E-state index is 12.7. The number of carbonyl (C=O) groups excluding carboxylic acids is 2. The second-order valence-corrected chi connectivity index (χ2v) is 8.32. The number of amides is 2. The van der Waals surface area contributed by atoms with Gasteiger partial charge in [0.1, 0.15) is 6.04 Å². The minimum atomic E-state index is -0.551. The highest BCUT2D eigenvalue weighted by atomic mass is 35.5. The minimum Gasteiger partial charge on any atom is -0.339 e. The number of carbonyl (C=O) groups is 2. The van der Waals surface area contributed by atoms with Gasteiger partial charge >= 0.3 is 0 Å². The molecule has 0 aliphatic heterocycles. The zero-order valence-corrected chi connectivity index (χ0v) is 15.6. The lowest BCUT2D eigenvalue weighted by Gasteiger charge is -2.26. The van der Waals surface area contributed by atoms with Crippen molar-refractivity contribution in [3.8, 4) is 0 Å². The van der Waals surface area contributed by atoms with E-state index >= 15 is 0 Å². The predicted molar refractivity (Wildman–Crippen MR) is 96.2 cm³/mol. The van der Waals surface area contributed by atoms with Gasteiger partial charge in [0.05, 0.1) is 15.8 Å². The van der Waals surface area contributed by atoms with Gasteiger partial charge in [0, 0.05) is 11.9 Å². The van der Waals surface area contributed by atoms with Crippen molar-refractivity contribution in [1.82, 2.24) is 10.2 Å². The van der Waals surface area contributed by atoms with Crippen LogP contribution in [0.2, 0.25) is 4.34 Å². The fourth-order valence-electron chi connectivity index (χ4n) is 2.12. The molecule has 0 spiro atoms. The number of halogens is 1. The molecule has 1 unspecified atom stereocenters. The third kappa shape index (κ3) is 4.80. The fourth-order valence-corrected chi connectivity index (χ4v) is 3.89. The summed E-state index contributed by atoms with van der Waals surface area (Å²) in [6.07, 6.45) is 0. The second kappa shape index (κ2) is 7.95. The Bertz CT molecular complexity index is 667. The fraction of sp³-hybridized carbons (Fsp3) is 0.375. The number of thiophene rings is 2. The van der Waals surface area contributed by atoms with Crippen LogP contribution in [-0.4, -0.2) is 29.8 Å². The lowest BCUT2D eigenvalue weighted by atomic mass is 10.0. The molecule has 2 heterocycles. The van der Waals surface area contributed by atoms with Gasteiger partial charge in [0.2, 0.25) is 5.91 Å². The maximum atomic E-state index is 12.7. The molecule has 0 saturated carbocycles. The second-order valence-electron chi connectivity index (χ2n) is 5.57. The van der Waals surface area contributed by atoms with Crippen LogP contribution in [0.1, 0.15) is 28.4 Å². The van der Waals surface area contributed by atoms with Crippen molar-refractivity contribution in [2.24, 2.45) is 5.92 Å². The van der Waals surface area contributed by atoms with Crippen LogP contribution in [0.15, 0.2) is 29.6 Å². The monoisotopic (exact) mass is 370 g/mol. The van der Waals surface area contributed by atoms with E-state index in [9.17, 15) is 9.59 Å². The third-order valence-electron chi connectivity index (χ3n) is 3.36. The standard InChI is InChI=1S/C16H19ClN2O2S2/c1-10(2)14(18-15(20)12-5-4-8-22-12)16(21)19(3)9-11-6-7-13(17)23-11/h4-8,10,14H,9H2,1-3H3,(H,18,20). The molecule has 2 aromatic heterocycles. The summed E-state index contributed by atoms with van der Waals surface area (Å²) in [4.78, 5) is 28.2. The molecule has 2 rings (SSSR count). The Kier molecular flexibility index (Phi) is 6.21. The molecule has 4 nitrogen and oxygen atoms in total. The Balaban J connectivity index is 2.04. The molecule has 124 valence electrons. The van der Waals surface area contributed by atoms with Gasteiger partial charge in [0.15, 0.2) is 0 Å². The smallest absolute Gasteiger partial charge is 0.262 e. The van der Waals surface area contributed by atoms with Crippen molar-refractivity contribution in [1.29, 1.82) is 0 Å². The summed E-state index contributed by atoms with van der Waals surface area (Å²) in [5.41, 5.74) is 0. The van der Waals surface area contributed by atoms with Crippen LogP contribution in [0.5, 0.6) is 0 Å². The Morgan fingerprint density at radius 3 is 2.57 bits per heavy atom. The minimum absolute atomic E-state index is 0.000728. The molecule has 0 aliphatic rings. The van der Waals surface area contributed by atoms with Crippen molar-refractivity contribution in [2.45, 2.75) is 26.4 Å². The summed E-state index contributed by atoms with van der Waals surface area (Å²) in [6, 6.07) is 6.74. The Morgan fingerprint density at radius 1 is 1.30 bits per heavy atom. The average molecular weight is 371 g/mol. The normalized spacial score (nSPS) is 12.2. The number of hydrogen-bond acceptors (Lipinski definition) is 4. The first-order chi connectivity index (χ1) is 10.9. The van der Waals surface area contributed by atoms with E-state index in [2.05, 4.69) is 5.32 Å². The zero-order valence-electron chi connectivity index (χ0n) is 13.2. The molecule has 0 fully saturated rings. The third-order valence-corrected chi connectivity index (χ3v) is 5.45. The average Bonchev–Trinajstić information content (AvgIpc) is 3.15. The van der Waals surface area contributed by atoms with Crippen LogP contribution in [0, 0.1) is 5.92 Å². The number of nitrogens with zero attached hydrogens (tertiary/aromatic N) is 1. The quantitative estimate of drug-likeness (QED) is 0.838. The summed E-state index contributed by atoms with van der Waals surface area (Å²) in [5.74, 6) is -0.310. The van der Waals surface area contributed by atoms with Gasteiger partial charge in [-0.15, -0.1) is 22.7 Å². The van der Waals surface area contributed by atoms with E-state index in [-0.39, 0.29) is 17.7 Å². The van der Waals surface area contributed by atoms with Crippen molar-refractivity contribution in [3.63, 3.8) is 0 Å². The Morgan fingerprint density at radius 2 is 2.04 bits per heavy atom. The first-order valence-corrected chi connectivity index (χ1v) is 9.29. The predicted octanol–water partition coefficient (Wildman–Crippen LogP) is 3.88. The van der Waals surface area contributed by atoms with Gasteiger partial charge in [-0.1, -0.05) is 31.5 Å². The lowest BCUT2D eigenvalue weighted by Crippen LogP contribution is -2.49. The Hall–Kier alpha value is -1.37. The molecule has 0 bridgehead atoms. The molecule has 0 radical (unpaired) electrons. The van der Waals surface area contributed by atoms with Gasteiger partial charge in [-0.3, -0.25) is 9.59 Å². The largest absolute Gasteiger partial charge is 0.339 e. The molecule has 0 aliphatic carbocycles. The van der Waals surface area contributed by atoms with E-state index in [0.717, 1.165) is 4.88 Å². The van der Waals surface area contributed by atoms with E-state index < -0.39 is 6.04 Å². The summed E-state index contributed by atoms with van der Waals surface area (Å²) in [5, 5.41) is 4.69. The highest BCUT2D eigenvalue weighted by Crippen LogP contribution is 2.23. The van der Waals surface area contributed by atoms with Crippen molar-refractivity contribution in [3.05, 3.63) is 43.7 Å². The summed E-state index contributed by atoms with van der Waals surface area (Å²) >= 11 is 8.73. The Labute approximate surface area is 149 Å². The van der Waals surface area contributed by atoms with E-state index in [1.54, 1.807) is 18.0 Å². The maximum Gasteiger partial charge on any atom is 0.262 e. The van der Waals surface area contributed by atoms with Crippen LogP contribution < -0.4 is 5.32 Å². The van der Waals surface area contributed by atoms with Crippen molar-refractivity contribution >= 4 is 46.1 Å². The van der Waals surface area contributed by atoms with Crippen molar-refractivity contribution < 1.29 is 9.59 Å². The molecule has 0 saturated heterocycles. The van der Waals surface area contributed by atoms with E-state index in [1.807, 2.05) is 37.4 Å². The highest BCUT2D eigenvalue weighted by Gasteiger charge is 2.27. The molecule has 1 atom stereocenters. The molecule has 1 N–H and O–H groups in total. The molecule has 23 heavy (non-hydrogen) atoms.